The number of halogens is 1. The number of nitrogens with one attached hydrogen (secondary N) is 1. The van der Waals surface area contributed by atoms with Gasteiger partial charge in [-0.15, -0.1) is 0 Å². The molecule has 0 unspecified atom stereocenters. The number of amides is 1. The Morgan fingerprint density at radius 3 is 2.67 bits per heavy atom. The van der Waals surface area contributed by atoms with E-state index < -0.39 is 5.97 Å². The van der Waals surface area contributed by atoms with E-state index in [0.29, 0.717) is 12.1 Å². The summed E-state index contributed by atoms with van der Waals surface area (Å²) in [7, 11) is 0. The molecular weight excluding hydrogens is 254 g/mol. The standard InChI is InChI=1S/C13H16ClNO3/c1-2-3-4-5-12(16)15-9-6-7-11(14)10(8-9)13(17)18/h6-8H,2-5H2,1H3,(H,15,16)(H,17,18). The van der Waals surface area contributed by atoms with Gasteiger partial charge < -0.3 is 10.4 Å². The zero-order chi connectivity index (χ0) is 13.5. The number of carbonyl (C=O) groups is 2. The summed E-state index contributed by atoms with van der Waals surface area (Å²) < 4.78 is 0. The molecule has 18 heavy (non-hydrogen) atoms. The molecule has 0 saturated heterocycles. The molecule has 0 aliphatic carbocycles. The van der Waals surface area contributed by atoms with Crippen molar-refractivity contribution in [3.63, 3.8) is 0 Å². The third-order valence-corrected chi connectivity index (χ3v) is 2.82. The van der Waals surface area contributed by atoms with E-state index in [0.717, 1.165) is 19.3 Å². The minimum Gasteiger partial charge on any atom is -0.478 e. The topological polar surface area (TPSA) is 66.4 Å². The average molecular weight is 270 g/mol. The number of unbranched alkanes of at least 4 members (excludes halogenated alkanes) is 2. The maximum Gasteiger partial charge on any atom is 0.337 e. The van der Waals surface area contributed by atoms with Crippen LogP contribution in [0.4, 0.5) is 5.69 Å². The van der Waals surface area contributed by atoms with E-state index in [1.54, 1.807) is 6.07 Å². The lowest BCUT2D eigenvalue weighted by atomic mass is 10.1. The van der Waals surface area contributed by atoms with E-state index in [2.05, 4.69) is 12.2 Å². The molecule has 0 saturated carbocycles. The van der Waals surface area contributed by atoms with E-state index in [1.165, 1.54) is 12.1 Å². The van der Waals surface area contributed by atoms with Gasteiger partial charge in [0.15, 0.2) is 0 Å². The molecule has 1 amide bonds. The van der Waals surface area contributed by atoms with Crippen LogP contribution in [0.3, 0.4) is 0 Å². The molecular formula is C13H16ClNO3. The summed E-state index contributed by atoms with van der Waals surface area (Å²) in [4.78, 5) is 22.4. The third kappa shape index (κ3) is 4.37. The van der Waals surface area contributed by atoms with Crippen LogP contribution in [0.2, 0.25) is 5.02 Å². The zero-order valence-electron chi connectivity index (χ0n) is 10.2. The summed E-state index contributed by atoms with van der Waals surface area (Å²) in [5, 5.41) is 11.7. The van der Waals surface area contributed by atoms with Crippen molar-refractivity contribution in [3.8, 4) is 0 Å². The largest absolute Gasteiger partial charge is 0.478 e. The number of carbonyl (C=O) groups excluding carboxylic acids is 1. The Kier molecular flexibility index (Phi) is 5.65. The summed E-state index contributed by atoms with van der Waals surface area (Å²) in [6, 6.07) is 4.42. The number of anilines is 1. The van der Waals surface area contributed by atoms with Crippen LogP contribution in [-0.4, -0.2) is 17.0 Å². The summed E-state index contributed by atoms with van der Waals surface area (Å²) in [6.45, 7) is 2.07. The SMILES string of the molecule is CCCCCC(=O)Nc1ccc(Cl)c(C(=O)O)c1. The van der Waals surface area contributed by atoms with Crippen LogP contribution in [0.15, 0.2) is 18.2 Å². The van der Waals surface area contributed by atoms with Crippen molar-refractivity contribution >= 4 is 29.2 Å². The predicted octanol–water partition coefficient (Wildman–Crippen LogP) is 3.56. The Hall–Kier alpha value is -1.55. The van der Waals surface area contributed by atoms with Gasteiger partial charge in [-0.3, -0.25) is 4.79 Å². The summed E-state index contributed by atoms with van der Waals surface area (Å²) >= 11 is 5.74. The fourth-order valence-corrected chi connectivity index (χ4v) is 1.72. The van der Waals surface area contributed by atoms with Gasteiger partial charge in [0.25, 0.3) is 0 Å². The highest BCUT2D eigenvalue weighted by atomic mass is 35.5. The molecule has 2 N–H and O–H groups in total. The lowest BCUT2D eigenvalue weighted by Gasteiger charge is -2.07. The number of carboxylic acid groups (broad SMARTS) is 1. The molecule has 0 fully saturated rings. The quantitative estimate of drug-likeness (QED) is 0.776. The van der Waals surface area contributed by atoms with Gasteiger partial charge in [-0.2, -0.15) is 0 Å². The van der Waals surface area contributed by atoms with Gasteiger partial charge in [0, 0.05) is 12.1 Å². The summed E-state index contributed by atoms with van der Waals surface area (Å²) in [5.41, 5.74) is 0.446. The van der Waals surface area contributed by atoms with E-state index in [-0.39, 0.29) is 16.5 Å². The van der Waals surface area contributed by atoms with Gasteiger partial charge in [-0.1, -0.05) is 31.4 Å². The fraction of sp³-hybridized carbons (Fsp3) is 0.385. The van der Waals surface area contributed by atoms with Gasteiger partial charge >= 0.3 is 5.97 Å². The molecule has 0 bridgehead atoms. The summed E-state index contributed by atoms with van der Waals surface area (Å²) in [6.07, 6.45) is 3.34. The second-order valence-electron chi connectivity index (χ2n) is 4.01. The Bertz CT molecular complexity index is 446. The highest BCUT2D eigenvalue weighted by Gasteiger charge is 2.10. The third-order valence-electron chi connectivity index (χ3n) is 2.49. The number of benzene rings is 1. The molecule has 1 rings (SSSR count). The molecule has 0 heterocycles. The molecule has 5 heteroatoms. The van der Waals surface area contributed by atoms with E-state index in [4.69, 9.17) is 16.7 Å². The number of hydrogen-bond acceptors (Lipinski definition) is 2. The Labute approximate surface area is 111 Å². The average Bonchev–Trinajstić information content (AvgIpc) is 2.31. The maximum atomic E-state index is 11.6. The van der Waals surface area contributed by atoms with Crippen LogP contribution in [-0.2, 0) is 4.79 Å². The second kappa shape index (κ2) is 7.01. The molecule has 98 valence electrons. The van der Waals surface area contributed by atoms with Crippen LogP contribution in [0.1, 0.15) is 43.0 Å². The molecule has 0 radical (unpaired) electrons. The van der Waals surface area contributed by atoms with Gasteiger partial charge in [-0.25, -0.2) is 4.79 Å². The molecule has 0 aliphatic heterocycles. The van der Waals surface area contributed by atoms with Gasteiger partial charge in [0.1, 0.15) is 0 Å². The number of carboxylic acids is 1. The first-order valence-electron chi connectivity index (χ1n) is 5.87. The second-order valence-corrected chi connectivity index (χ2v) is 4.41. The summed E-state index contributed by atoms with van der Waals surface area (Å²) in [5.74, 6) is -1.22. The van der Waals surface area contributed by atoms with Gasteiger partial charge in [0.2, 0.25) is 5.91 Å². The molecule has 1 aromatic carbocycles. The molecule has 0 atom stereocenters. The minimum atomic E-state index is -1.11. The van der Waals surface area contributed by atoms with E-state index >= 15 is 0 Å². The first kappa shape index (κ1) is 14.5. The van der Waals surface area contributed by atoms with E-state index in [9.17, 15) is 9.59 Å². The fourth-order valence-electron chi connectivity index (χ4n) is 1.53. The smallest absolute Gasteiger partial charge is 0.337 e. The normalized spacial score (nSPS) is 10.1. The van der Waals surface area contributed by atoms with Crippen LogP contribution in [0.25, 0.3) is 0 Å². The van der Waals surface area contributed by atoms with Crippen molar-refractivity contribution < 1.29 is 14.7 Å². The monoisotopic (exact) mass is 269 g/mol. The lowest BCUT2D eigenvalue weighted by Crippen LogP contribution is -2.11. The van der Waals surface area contributed by atoms with Crippen LogP contribution >= 0.6 is 11.6 Å². The molecule has 4 nitrogen and oxygen atoms in total. The zero-order valence-corrected chi connectivity index (χ0v) is 11.0. The first-order valence-corrected chi connectivity index (χ1v) is 6.25. The highest BCUT2D eigenvalue weighted by molar-refractivity contribution is 6.33. The van der Waals surface area contributed by atoms with Crippen molar-refractivity contribution in [1.29, 1.82) is 0 Å². The van der Waals surface area contributed by atoms with Crippen molar-refractivity contribution in [2.45, 2.75) is 32.6 Å². The predicted molar refractivity (Wildman–Crippen MR) is 71.2 cm³/mol. The van der Waals surface area contributed by atoms with Crippen LogP contribution < -0.4 is 5.32 Å². The maximum absolute atomic E-state index is 11.6. The van der Waals surface area contributed by atoms with E-state index in [1.807, 2.05) is 0 Å². The van der Waals surface area contributed by atoms with Crippen molar-refractivity contribution in [2.75, 3.05) is 5.32 Å². The van der Waals surface area contributed by atoms with Crippen LogP contribution in [0, 0.1) is 0 Å². The Morgan fingerprint density at radius 2 is 2.06 bits per heavy atom. The number of aromatic carboxylic acids is 1. The van der Waals surface area contributed by atoms with Crippen molar-refractivity contribution in [2.24, 2.45) is 0 Å². The number of hydrogen-bond donors (Lipinski definition) is 2. The van der Waals surface area contributed by atoms with Gasteiger partial charge in [0.05, 0.1) is 10.6 Å². The van der Waals surface area contributed by atoms with Crippen molar-refractivity contribution in [1.82, 2.24) is 0 Å². The highest BCUT2D eigenvalue weighted by Crippen LogP contribution is 2.20. The first-order chi connectivity index (χ1) is 8.54. The number of rotatable bonds is 6. The van der Waals surface area contributed by atoms with Crippen LogP contribution in [0.5, 0.6) is 0 Å². The lowest BCUT2D eigenvalue weighted by molar-refractivity contribution is -0.116. The Balaban J connectivity index is 2.65. The Morgan fingerprint density at radius 1 is 1.33 bits per heavy atom. The molecule has 0 spiro atoms. The van der Waals surface area contributed by atoms with Crippen molar-refractivity contribution in [3.05, 3.63) is 28.8 Å². The molecule has 0 aliphatic rings. The molecule has 1 aromatic rings. The van der Waals surface area contributed by atoms with Gasteiger partial charge in [-0.05, 0) is 24.6 Å². The molecule has 0 aromatic heterocycles. The minimum absolute atomic E-state index is 0.0111.